The zero-order chi connectivity index (χ0) is 37.2. The van der Waals surface area contributed by atoms with Crippen molar-refractivity contribution in [2.24, 2.45) is 28.7 Å². The molecule has 3 heterocycles. The van der Waals surface area contributed by atoms with Crippen LogP contribution in [0.15, 0.2) is 40.6 Å². The maximum Gasteiger partial charge on any atom is 0.310 e. The number of aliphatic carboxylic acids is 1. The molecule has 0 bridgehead atoms. The number of aliphatic imine (C=N–C) groups is 1. The summed E-state index contributed by atoms with van der Waals surface area (Å²) in [5.41, 5.74) is 0.354. The van der Waals surface area contributed by atoms with E-state index in [0.717, 1.165) is 50.0 Å². The second-order valence-electron chi connectivity index (χ2n) is 13.8. The molecule has 51 heavy (non-hydrogen) atoms. The molecule has 2 aromatic rings. The van der Waals surface area contributed by atoms with E-state index < -0.39 is 35.8 Å². The third-order valence-corrected chi connectivity index (χ3v) is 10.3. The molecule has 0 radical (unpaired) electrons. The van der Waals surface area contributed by atoms with Gasteiger partial charge in [-0.05, 0) is 64.1 Å². The van der Waals surface area contributed by atoms with E-state index in [1.54, 1.807) is 30.4 Å². The second-order valence-corrected chi connectivity index (χ2v) is 14.6. The van der Waals surface area contributed by atoms with Crippen molar-refractivity contribution >= 4 is 47.2 Å². The number of carboxylic acids is 1. The van der Waals surface area contributed by atoms with Crippen LogP contribution in [0.3, 0.4) is 0 Å². The number of likely N-dealkylation sites (N-methyl/N-ethyl adjacent to an activating group) is 1. The van der Waals surface area contributed by atoms with Crippen LogP contribution >= 0.6 is 11.3 Å². The Morgan fingerprint density at radius 2 is 1.84 bits per heavy atom. The molecule has 2 aliphatic rings. The maximum atomic E-state index is 14.0. The number of amides is 3. The lowest BCUT2D eigenvalue weighted by Gasteiger charge is -2.35. The van der Waals surface area contributed by atoms with Crippen molar-refractivity contribution in [3.63, 3.8) is 0 Å². The number of allylic oxidation sites excluding steroid dienone is 1. The Labute approximate surface area is 302 Å². The first-order valence-electron chi connectivity index (χ1n) is 17.4. The Morgan fingerprint density at radius 3 is 2.45 bits per heavy atom. The Kier molecular flexibility index (Phi) is 14.1. The van der Waals surface area contributed by atoms with Crippen molar-refractivity contribution in [3.05, 3.63) is 52.1 Å². The number of piperidine rings is 1. The van der Waals surface area contributed by atoms with Gasteiger partial charge in [0.25, 0.3) is 11.8 Å². The fourth-order valence-electron chi connectivity index (χ4n) is 6.22. The third kappa shape index (κ3) is 11.3. The van der Waals surface area contributed by atoms with E-state index in [-0.39, 0.29) is 54.3 Å². The van der Waals surface area contributed by atoms with Crippen LogP contribution in [0.4, 0.5) is 0 Å². The van der Waals surface area contributed by atoms with Gasteiger partial charge in [0.2, 0.25) is 5.91 Å². The number of ether oxygens (including phenoxy) is 1. The highest BCUT2D eigenvalue weighted by molar-refractivity contribution is 7.09. The van der Waals surface area contributed by atoms with Crippen molar-refractivity contribution in [1.82, 2.24) is 30.1 Å². The Bertz CT molecular complexity index is 1610. The van der Waals surface area contributed by atoms with Gasteiger partial charge in [0.05, 0.1) is 17.9 Å². The highest BCUT2D eigenvalue weighted by Gasteiger charge is 2.40. The van der Waals surface area contributed by atoms with Crippen LogP contribution in [0.25, 0.3) is 0 Å². The predicted molar refractivity (Wildman–Crippen MR) is 191 cm³/mol. The molecule has 2 aromatic heterocycles. The highest BCUT2D eigenvalue weighted by Crippen LogP contribution is 2.38. The molecule has 15 heteroatoms. The van der Waals surface area contributed by atoms with Crippen LogP contribution in [0.5, 0.6) is 0 Å². The topological polar surface area (TPSA) is 184 Å². The number of carbonyl (C=O) groups is 5. The minimum absolute atomic E-state index is 0.0434. The molecule has 1 saturated heterocycles. The largest absolute Gasteiger partial charge is 0.481 e. The molecule has 14 nitrogen and oxygen atoms in total. The monoisotopic (exact) mass is 723 g/mol. The summed E-state index contributed by atoms with van der Waals surface area (Å²) in [6, 6.07) is 1.00. The van der Waals surface area contributed by atoms with Crippen molar-refractivity contribution < 1.29 is 33.8 Å². The van der Waals surface area contributed by atoms with E-state index in [4.69, 9.17) is 4.74 Å². The van der Waals surface area contributed by atoms with E-state index in [0.29, 0.717) is 16.5 Å². The lowest BCUT2D eigenvalue weighted by atomic mass is 9.94. The summed E-state index contributed by atoms with van der Waals surface area (Å²) in [6.45, 7) is 7.59. The average molecular weight is 724 g/mol. The molecule has 1 unspecified atom stereocenters. The summed E-state index contributed by atoms with van der Waals surface area (Å²) in [7, 11) is 3.65. The van der Waals surface area contributed by atoms with E-state index in [9.17, 15) is 29.1 Å². The van der Waals surface area contributed by atoms with Gasteiger partial charge in [0.1, 0.15) is 16.5 Å². The lowest BCUT2D eigenvalue weighted by Crippen LogP contribution is -2.45. The van der Waals surface area contributed by atoms with Crippen LogP contribution in [0.2, 0.25) is 0 Å². The van der Waals surface area contributed by atoms with Gasteiger partial charge in [-0.25, -0.2) is 19.9 Å². The zero-order valence-electron chi connectivity index (χ0n) is 30.2. The van der Waals surface area contributed by atoms with Gasteiger partial charge in [-0.15, -0.1) is 11.3 Å². The number of nitrogens with zero attached hydrogens (tertiary/aromatic N) is 6. The molecule has 3 amide bonds. The molecule has 2 fully saturated rings. The third-order valence-electron chi connectivity index (χ3n) is 9.32. The van der Waals surface area contributed by atoms with Crippen molar-refractivity contribution in [2.75, 3.05) is 20.6 Å². The molecule has 276 valence electrons. The number of aromatic nitrogens is 3. The van der Waals surface area contributed by atoms with E-state index in [2.05, 4.69) is 25.3 Å². The molecule has 1 aliphatic heterocycles. The first-order valence-corrected chi connectivity index (χ1v) is 18.3. The van der Waals surface area contributed by atoms with Gasteiger partial charge < -0.3 is 20.1 Å². The highest BCUT2D eigenvalue weighted by atomic mass is 32.1. The number of thiazole rings is 1. The van der Waals surface area contributed by atoms with Gasteiger partial charge in [0.15, 0.2) is 6.10 Å². The van der Waals surface area contributed by atoms with Crippen LogP contribution in [0.1, 0.15) is 93.6 Å². The number of rotatable bonds is 16. The molecule has 5 atom stereocenters. The SMILES string of the molecule is CC(=O)O[C@H](C[C@H](C(C)C)N(C)C(=O)C(C=NC(=O)[C@H]1CCCCN1C)C1CC1)c1nc(C(=O)N/C(=C\[C@H](C)C(=O)O)Cc2ncccn2)cs1. The zero-order valence-corrected chi connectivity index (χ0v) is 31.0. The predicted octanol–water partition coefficient (Wildman–Crippen LogP) is 4.10. The number of hydrogen-bond acceptors (Lipinski definition) is 11. The number of carbonyl (C=O) groups excluding carboxylic acids is 4. The van der Waals surface area contributed by atoms with Gasteiger partial charge in [-0.3, -0.25) is 28.9 Å². The smallest absolute Gasteiger partial charge is 0.310 e. The first kappa shape index (κ1) is 39.4. The van der Waals surface area contributed by atoms with Crippen molar-refractivity contribution in [1.29, 1.82) is 0 Å². The average Bonchev–Trinajstić information content (AvgIpc) is 3.80. The molecular formula is C36H49N7O7S. The van der Waals surface area contributed by atoms with Crippen LogP contribution in [-0.4, -0.2) is 98.5 Å². The molecule has 0 aromatic carbocycles. The van der Waals surface area contributed by atoms with E-state index in [1.165, 1.54) is 31.5 Å². The summed E-state index contributed by atoms with van der Waals surface area (Å²) in [4.78, 5) is 85.0. The number of likely N-dealkylation sites (tertiary alicyclic amines) is 1. The summed E-state index contributed by atoms with van der Waals surface area (Å²) in [5.74, 6) is -3.50. The van der Waals surface area contributed by atoms with Crippen LogP contribution in [-0.2, 0) is 30.3 Å². The number of carboxylic acid groups (broad SMARTS) is 1. The summed E-state index contributed by atoms with van der Waals surface area (Å²) in [6.07, 6.45) is 10.1. The minimum Gasteiger partial charge on any atom is -0.481 e. The summed E-state index contributed by atoms with van der Waals surface area (Å²) in [5, 5.41) is 14.1. The van der Waals surface area contributed by atoms with Crippen LogP contribution < -0.4 is 5.32 Å². The minimum atomic E-state index is -1.06. The molecule has 0 spiro atoms. The van der Waals surface area contributed by atoms with Crippen molar-refractivity contribution in [2.45, 2.75) is 90.8 Å². The van der Waals surface area contributed by atoms with Crippen molar-refractivity contribution in [3.8, 4) is 0 Å². The Morgan fingerprint density at radius 1 is 1.14 bits per heavy atom. The van der Waals surface area contributed by atoms with Crippen LogP contribution in [0, 0.1) is 23.7 Å². The van der Waals surface area contributed by atoms with Gasteiger partial charge in [-0.2, -0.15) is 0 Å². The number of esters is 1. The number of hydrogen-bond donors (Lipinski definition) is 2. The molecular weight excluding hydrogens is 675 g/mol. The summed E-state index contributed by atoms with van der Waals surface area (Å²) < 4.78 is 5.73. The Hall–Kier alpha value is -4.37. The standard InChI is InChI=1S/C36H49N7O7S/c1-21(2)29(43(6)35(47)26(24-11-12-24)19-39-33(46)28-10-7-8-15-42(28)5)18-30(50-23(4)44)34-41-27(20-51-34)32(45)40-25(16-22(3)36(48)49)17-31-37-13-9-14-38-31/h9,13-14,16,19-22,24,26,28-30H,7-8,10-12,15,17-18H2,1-6H3,(H,40,45)(H,48,49)/b25-16-,39-19?/t22-,26?,28+,29+,30+/m0/s1. The quantitative estimate of drug-likeness (QED) is 0.188. The molecule has 2 N–H and O–H groups in total. The van der Waals surface area contributed by atoms with Gasteiger partial charge in [-0.1, -0.05) is 26.3 Å². The normalized spacial score (nSPS) is 19.3. The molecule has 1 saturated carbocycles. The molecule has 1 aliphatic carbocycles. The number of nitrogens with one attached hydrogen (secondary N) is 1. The van der Waals surface area contributed by atoms with E-state index >= 15 is 0 Å². The maximum absolute atomic E-state index is 14.0. The summed E-state index contributed by atoms with van der Waals surface area (Å²) >= 11 is 1.14. The molecule has 4 rings (SSSR count). The fourth-order valence-corrected chi connectivity index (χ4v) is 7.06. The first-order chi connectivity index (χ1) is 24.2. The lowest BCUT2D eigenvalue weighted by molar-refractivity contribution is -0.148. The van der Waals surface area contributed by atoms with Gasteiger partial charge >= 0.3 is 11.9 Å². The van der Waals surface area contributed by atoms with Gasteiger partial charge in [0, 0.05) is 62.5 Å². The van der Waals surface area contributed by atoms with E-state index in [1.807, 2.05) is 25.8 Å². The fraction of sp³-hybridized carbons (Fsp3) is 0.583. The Balaban J connectivity index is 1.50. The second kappa shape index (κ2) is 18.2.